The minimum atomic E-state index is -0.677. The van der Waals surface area contributed by atoms with Crippen molar-refractivity contribution < 1.29 is 13.6 Å². The molecule has 0 spiro atoms. The molecule has 0 aliphatic rings. The maximum absolute atomic E-state index is 13.6. The van der Waals surface area contributed by atoms with Gasteiger partial charge in [0.25, 0.3) is 0 Å². The van der Waals surface area contributed by atoms with Crippen molar-refractivity contribution >= 4 is 22.4 Å². The van der Waals surface area contributed by atoms with Crippen LogP contribution in [0.4, 0.5) is 13.9 Å². The van der Waals surface area contributed by atoms with Crippen LogP contribution in [0.15, 0.2) is 23.6 Å². The molecule has 106 valence electrons. The van der Waals surface area contributed by atoms with Crippen LogP contribution in [-0.2, 0) is 4.79 Å². The van der Waals surface area contributed by atoms with Crippen LogP contribution in [0.2, 0.25) is 0 Å². The highest BCUT2D eigenvalue weighted by atomic mass is 32.1. The van der Waals surface area contributed by atoms with Crippen LogP contribution in [0.25, 0.3) is 11.3 Å². The molecule has 0 saturated carbocycles. The largest absolute Gasteiger partial charge is 0.302 e. The average Bonchev–Trinajstić information content (AvgIpc) is 2.76. The lowest BCUT2D eigenvalue weighted by molar-refractivity contribution is -0.123. The first-order chi connectivity index (χ1) is 9.27. The van der Waals surface area contributed by atoms with E-state index in [2.05, 4.69) is 10.3 Å². The molecule has 2 aromatic rings. The fourth-order valence-corrected chi connectivity index (χ4v) is 2.14. The van der Waals surface area contributed by atoms with Crippen molar-refractivity contribution in [2.24, 2.45) is 5.41 Å². The number of halogens is 2. The van der Waals surface area contributed by atoms with Gasteiger partial charge in [-0.25, -0.2) is 13.8 Å². The van der Waals surface area contributed by atoms with Crippen LogP contribution >= 0.6 is 11.3 Å². The fourth-order valence-electron chi connectivity index (χ4n) is 1.44. The summed E-state index contributed by atoms with van der Waals surface area (Å²) in [5.74, 6) is -1.48. The third-order valence-electron chi connectivity index (χ3n) is 2.61. The molecule has 0 atom stereocenters. The second-order valence-corrected chi connectivity index (χ2v) is 6.22. The molecule has 1 N–H and O–H groups in total. The Morgan fingerprint density at radius 2 is 2.00 bits per heavy atom. The van der Waals surface area contributed by atoms with Crippen molar-refractivity contribution in [3.63, 3.8) is 0 Å². The zero-order valence-electron chi connectivity index (χ0n) is 11.3. The molecule has 0 saturated heterocycles. The van der Waals surface area contributed by atoms with E-state index in [1.807, 2.05) is 0 Å². The lowest BCUT2D eigenvalue weighted by Gasteiger charge is -2.15. The number of hydrogen-bond donors (Lipinski definition) is 1. The third kappa shape index (κ3) is 3.19. The van der Waals surface area contributed by atoms with Crippen LogP contribution in [-0.4, -0.2) is 10.9 Å². The summed E-state index contributed by atoms with van der Waals surface area (Å²) >= 11 is 1.20. The van der Waals surface area contributed by atoms with E-state index in [4.69, 9.17) is 0 Å². The van der Waals surface area contributed by atoms with Gasteiger partial charge in [-0.2, -0.15) is 0 Å². The molecule has 0 bridgehead atoms. The Bertz CT molecular complexity index is 647. The van der Waals surface area contributed by atoms with E-state index in [0.29, 0.717) is 10.8 Å². The second-order valence-electron chi connectivity index (χ2n) is 5.37. The van der Waals surface area contributed by atoms with E-state index in [9.17, 15) is 13.6 Å². The van der Waals surface area contributed by atoms with E-state index < -0.39 is 17.0 Å². The van der Waals surface area contributed by atoms with Crippen LogP contribution in [0.1, 0.15) is 20.8 Å². The maximum atomic E-state index is 13.6. The zero-order valence-corrected chi connectivity index (χ0v) is 12.1. The standard InChI is InChI=1S/C14H14F2N2OS/c1-14(2,3)12(19)18-13-17-11(7-20-13)9-5-4-8(15)6-10(9)16/h4-7H,1-3H3,(H,17,18,19). The summed E-state index contributed by atoms with van der Waals surface area (Å²) in [4.78, 5) is 16.0. The Morgan fingerprint density at radius 3 is 2.60 bits per heavy atom. The number of nitrogens with zero attached hydrogens (tertiary/aromatic N) is 1. The smallest absolute Gasteiger partial charge is 0.231 e. The first kappa shape index (κ1) is 14.6. The van der Waals surface area contributed by atoms with Crippen molar-refractivity contribution in [1.82, 2.24) is 4.98 Å². The molecule has 6 heteroatoms. The van der Waals surface area contributed by atoms with Crippen molar-refractivity contribution in [2.75, 3.05) is 5.32 Å². The SMILES string of the molecule is CC(C)(C)C(=O)Nc1nc(-c2ccc(F)cc2F)cs1. The topological polar surface area (TPSA) is 42.0 Å². The monoisotopic (exact) mass is 296 g/mol. The average molecular weight is 296 g/mol. The molecule has 2 rings (SSSR count). The van der Waals surface area contributed by atoms with Gasteiger partial charge in [-0.3, -0.25) is 4.79 Å². The normalized spacial score (nSPS) is 11.4. The highest BCUT2D eigenvalue weighted by Crippen LogP contribution is 2.28. The first-order valence-corrected chi connectivity index (χ1v) is 6.88. The Balaban J connectivity index is 2.23. The molecule has 20 heavy (non-hydrogen) atoms. The number of anilines is 1. The molecule has 0 unspecified atom stereocenters. The maximum Gasteiger partial charge on any atom is 0.231 e. The molecule has 0 fully saturated rings. The number of carbonyl (C=O) groups excluding carboxylic acids is 1. The summed E-state index contributed by atoms with van der Waals surface area (Å²) in [7, 11) is 0. The minimum absolute atomic E-state index is 0.169. The van der Waals surface area contributed by atoms with Crippen LogP contribution in [0.3, 0.4) is 0 Å². The van der Waals surface area contributed by atoms with E-state index >= 15 is 0 Å². The summed E-state index contributed by atoms with van der Waals surface area (Å²) in [6, 6.07) is 3.31. The van der Waals surface area contributed by atoms with E-state index in [0.717, 1.165) is 6.07 Å². The number of aromatic nitrogens is 1. The van der Waals surface area contributed by atoms with Crippen LogP contribution in [0, 0.1) is 17.0 Å². The minimum Gasteiger partial charge on any atom is -0.302 e. The number of nitrogens with one attached hydrogen (secondary N) is 1. The Morgan fingerprint density at radius 1 is 1.30 bits per heavy atom. The Kier molecular flexibility index (Phi) is 3.85. The Labute approximate surface area is 119 Å². The second kappa shape index (κ2) is 5.28. The summed E-state index contributed by atoms with van der Waals surface area (Å²) in [6.07, 6.45) is 0. The van der Waals surface area contributed by atoms with Gasteiger partial charge in [-0.05, 0) is 12.1 Å². The molecule has 1 aromatic carbocycles. The third-order valence-corrected chi connectivity index (χ3v) is 3.37. The molecule has 1 aromatic heterocycles. The molecular formula is C14H14F2N2OS. The number of thiazole rings is 1. The van der Waals surface area contributed by atoms with Gasteiger partial charge in [0, 0.05) is 22.4 Å². The van der Waals surface area contributed by atoms with Gasteiger partial charge >= 0.3 is 0 Å². The molecule has 0 aliphatic heterocycles. The lowest BCUT2D eigenvalue weighted by Crippen LogP contribution is -2.27. The quantitative estimate of drug-likeness (QED) is 0.907. The van der Waals surface area contributed by atoms with Crippen molar-refractivity contribution in [2.45, 2.75) is 20.8 Å². The van der Waals surface area contributed by atoms with Gasteiger partial charge in [-0.1, -0.05) is 20.8 Å². The number of rotatable bonds is 2. The lowest BCUT2D eigenvalue weighted by atomic mass is 9.96. The number of hydrogen-bond acceptors (Lipinski definition) is 3. The molecular weight excluding hydrogens is 282 g/mol. The Hall–Kier alpha value is -1.82. The highest BCUT2D eigenvalue weighted by Gasteiger charge is 2.22. The van der Waals surface area contributed by atoms with E-state index in [1.165, 1.54) is 23.5 Å². The van der Waals surface area contributed by atoms with Gasteiger partial charge < -0.3 is 5.32 Å². The fraction of sp³-hybridized carbons (Fsp3) is 0.286. The molecule has 0 radical (unpaired) electrons. The molecule has 3 nitrogen and oxygen atoms in total. The first-order valence-electron chi connectivity index (χ1n) is 6.00. The van der Waals surface area contributed by atoms with Gasteiger partial charge in [0.2, 0.25) is 5.91 Å². The summed E-state index contributed by atoms with van der Waals surface area (Å²) in [5, 5.41) is 4.69. The van der Waals surface area contributed by atoms with Crippen molar-refractivity contribution in [3.8, 4) is 11.3 Å². The van der Waals surface area contributed by atoms with Crippen molar-refractivity contribution in [1.29, 1.82) is 0 Å². The summed E-state index contributed by atoms with van der Waals surface area (Å²) in [5.41, 5.74) is 0.0445. The molecule has 1 amide bonds. The van der Waals surface area contributed by atoms with E-state index in [1.54, 1.807) is 26.2 Å². The van der Waals surface area contributed by atoms with E-state index in [-0.39, 0.29) is 11.5 Å². The molecule has 1 heterocycles. The predicted octanol–water partition coefficient (Wildman–Crippen LogP) is 4.07. The van der Waals surface area contributed by atoms with Crippen LogP contribution in [0.5, 0.6) is 0 Å². The van der Waals surface area contributed by atoms with Gasteiger partial charge in [0.05, 0.1) is 5.69 Å². The van der Waals surface area contributed by atoms with Gasteiger partial charge in [0.1, 0.15) is 11.6 Å². The van der Waals surface area contributed by atoms with Gasteiger partial charge in [-0.15, -0.1) is 11.3 Å². The van der Waals surface area contributed by atoms with Crippen molar-refractivity contribution in [3.05, 3.63) is 35.2 Å². The predicted molar refractivity (Wildman–Crippen MR) is 75.6 cm³/mol. The number of amides is 1. The zero-order chi connectivity index (χ0) is 14.9. The molecule has 0 aliphatic carbocycles. The number of carbonyl (C=O) groups is 1. The highest BCUT2D eigenvalue weighted by molar-refractivity contribution is 7.14. The van der Waals surface area contributed by atoms with Gasteiger partial charge in [0.15, 0.2) is 5.13 Å². The summed E-state index contributed by atoms with van der Waals surface area (Å²) in [6.45, 7) is 5.36. The summed E-state index contributed by atoms with van der Waals surface area (Å²) < 4.78 is 26.5. The number of benzene rings is 1. The van der Waals surface area contributed by atoms with Crippen LogP contribution < -0.4 is 5.32 Å².